The summed E-state index contributed by atoms with van der Waals surface area (Å²) in [6.45, 7) is 6.82. The van der Waals surface area contributed by atoms with Gasteiger partial charge in [0.1, 0.15) is 6.54 Å². The summed E-state index contributed by atoms with van der Waals surface area (Å²) in [5.74, 6) is 0.714. The molecular weight excluding hydrogens is 254 g/mol. The molecule has 2 fully saturated rings. The van der Waals surface area contributed by atoms with Crippen molar-refractivity contribution >= 4 is 5.91 Å². The number of nitrogens with zero attached hydrogens (tertiary/aromatic N) is 3. The Morgan fingerprint density at radius 3 is 2.80 bits per heavy atom. The number of amides is 1. The maximum Gasteiger partial charge on any atom is 0.244 e. The molecule has 5 heteroatoms. The van der Waals surface area contributed by atoms with Gasteiger partial charge in [0.15, 0.2) is 0 Å². The van der Waals surface area contributed by atoms with Crippen LogP contribution in [0.2, 0.25) is 0 Å². The molecule has 2 heterocycles. The zero-order valence-corrected chi connectivity index (χ0v) is 12.3. The number of aromatic nitrogens is 2. The van der Waals surface area contributed by atoms with Gasteiger partial charge >= 0.3 is 0 Å². The van der Waals surface area contributed by atoms with E-state index in [-0.39, 0.29) is 5.91 Å². The average Bonchev–Trinajstić information content (AvgIpc) is 3.01. The van der Waals surface area contributed by atoms with Crippen LogP contribution in [0.25, 0.3) is 0 Å². The molecule has 5 nitrogen and oxygen atoms in total. The van der Waals surface area contributed by atoms with Crippen LogP contribution in [-0.2, 0) is 16.1 Å². The molecule has 0 unspecified atom stereocenters. The SMILES string of the molecule is Cc1cc(C)n(CC(=O)N(C[C@H]2CCOC2)C2CC2)n1. The van der Waals surface area contributed by atoms with E-state index in [1.54, 1.807) is 0 Å². The Bertz CT molecular complexity index is 487. The van der Waals surface area contributed by atoms with Crippen molar-refractivity contribution in [3.8, 4) is 0 Å². The highest BCUT2D eigenvalue weighted by atomic mass is 16.5. The first kappa shape index (κ1) is 13.6. The fraction of sp³-hybridized carbons (Fsp3) is 0.733. The topological polar surface area (TPSA) is 47.4 Å². The zero-order chi connectivity index (χ0) is 14.1. The van der Waals surface area contributed by atoms with Crippen LogP contribution in [-0.4, -0.2) is 46.4 Å². The van der Waals surface area contributed by atoms with Gasteiger partial charge < -0.3 is 9.64 Å². The van der Waals surface area contributed by atoms with Crippen molar-refractivity contribution < 1.29 is 9.53 Å². The van der Waals surface area contributed by atoms with Crippen molar-refractivity contribution in [2.75, 3.05) is 19.8 Å². The van der Waals surface area contributed by atoms with Crippen molar-refractivity contribution in [1.82, 2.24) is 14.7 Å². The normalized spacial score (nSPS) is 22.2. The van der Waals surface area contributed by atoms with Gasteiger partial charge in [-0.15, -0.1) is 0 Å². The molecule has 0 bridgehead atoms. The van der Waals surface area contributed by atoms with E-state index in [1.807, 2.05) is 24.6 Å². The fourth-order valence-electron chi connectivity index (χ4n) is 2.90. The summed E-state index contributed by atoms with van der Waals surface area (Å²) >= 11 is 0. The van der Waals surface area contributed by atoms with Gasteiger partial charge in [-0.05, 0) is 39.2 Å². The largest absolute Gasteiger partial charge is 0.381 e. The Morgan fingerprint density at radius 2 is 2.25 bits per heavy atom. The minimum Gasteiger partial charge on any atom is -0.381 e. The summed E-state index contributed by atoms with van der Waals surface area (Å²) in [5.41, 5.74) is 2.02. The zero-order valence-electron chi connectivity index (χ0n) is 12.3. The van der Waals surface area contributed by atoms with Crippen LogP contribution in [0.5, 0.6) is 0 Å². The second-order valence-electron chi connectivity index (χ2n) is 6.09. The number of carbonyl (C=O) groups is 1. The van der Waals surface area contributed by atoms with E-state index in [9.17, 15) is 4.79 Å². The van der Waals surface area contributed by atoms with Gasteiger partial charge in [0.2, 0.25) is 5.91 Å². The maximum atomic E-state index is 12.6. The molecule has 0 radical (unpaired) electrons. The van der Waals surface area contributed by atoms with Crippen molar-refractivity contribution in [2.24, 2.45) is 5.92 Å². The molecule has 3 rings (SSSR count). The van der Waals surface area contributed by atoms with Crippen LogP contribution < -0.4 is 0 Å². The second-order valence-corrected chi connectivity index (χ2v) is 6.09. The molecule has 1 aromatic rings. The third-order valence-electron chi connectivity index (χ3n) is 4.18. The summed E-state index contributed by atoms with van der Waals surface area (Å²) in [6, 6.07) is 2.47. The summed E-state index contributed by atoms with van der Waals surface area (Å²) in [6.07, 6.45) is 3.38. The number of ether oxygens (including phenoxy) is 1. The highest BCUT2D eigenvalue weighted by Gasteiger charge is 2.34. The van der Waals surface area contributed by atoms with Crippen molar-refractivity contribution in [3.63, 3.8) is 0 Å². The molecule has 1 aliphatic carbocycles. The molecule has 1 amide bonds. The van der Waals surface area contributed by atoms with Crippen LogP contribution >= 0.6 is 0 Å². The quantitative estimate of drug-likeness (QED) is 0.820. The Kier molecular flexibility index (Phi) is 3.78. The first-order valence-corrected chi connectivity index (χ1v) is 7.52. The molecule has 1 atom stereocenters. The molecule has 0 spiro atoms. The van der Waals surface area contributed by atoms with Gasteiger partial charge in [-0.1, -0.05) is 0 Å². The molecule has 0 aromatic carbocycles. The van der Waals surface area contributed by atoms with Gasteiger partial charge in [0.25, 0.3) is 0 Å². The first-order valence-electron chi connectivity index (χ1n) is 7.52. The molecule has 0 N–H and O–H groups in total. The predicted octanol–water partition coefficient (Wildman–Crippen LogP) is 1.53. The van der Waals surface area contributed by atoms with Crippen molar-refractivity contribution in [1.29, 1.82) is 0 Å². The first-order chi connectivity index (χ1) is 9.63. The Balaban J connectivity index is 1.64. The number of carbonyl (C=O) groups excluding carboxylic acids is 1. The molecule has 1 saturated heterocycles. The molecule has 2 aliphatic rings. The third kappa shape index (κ3) is 3.03. The van der Waals surface area contributed by atoms with Crippen LogP contribution in [0.1, 0.15) is 30.7 Å². The van der Waals surface area contributed by atoms with E-state index in [0.717, 1.165) is 50.4 Å². The Labute approximate surface area is 119 Å². The summed E-state index contributed by atoms with van der Waals surface area (Å²) < 4.78 is 7.24. The van der Waals surface area contributed by atoms with E-state index in [1.165, 1.54) is 0 Å². The maximum absolute atomic E-state index is 12.6. The van der Waals surface area contributed by atoms with Crippen LogP contribution in [0.15, 0.2) is 6.07 Å². The number of hydrogen-bond donors (Lipinski definition) is 0. The van der Waals surface area contributed by atoms with Gasteiger partial charge in [-0.25, -0.2) is 0 Å². The van der Waals surface area contributed by atoms with Crippen molar-refractivity contribution in [2.45, 2.75) is 45.7 Å². The molecule has 20 heavy (non-hydrogen) atoms. The second kappa shape index (κ2) is 5.56. The van der Waals surface area contributed by atoms with Crippen LogP contribution in [0.4, 0.5) is 0 Å². The third-order valence-corrected chi connectivity index (χ3v) is 4.18. The minimum absolute atomic E-state index is 0.200. The molecule has 1 saturated carbocycles. The van der Waals surface area contributed by atoms with Gasteiger partial charge in [-0.2, -0.15) is 5.10 Å². The molecule has 1 aromatic heterocycles. The van der Waals surface area contributed by atoms with Gasteiger partial charge in [0, 0.05) is 30.8 Å². The standard InChI is InChI=1S/C15H23N3O2/c1-11-7-12(2)18(16-11)9-15(19)17(14-3-4-14)8-13-5-6-20-10-13/h7,13-14H,3-6,8-10H2,1-2H3/t13-/m1/s1. The Morgan fingerprint density at radius 1 is 1.45 bits per heavy atom. The highest BCUT2D eigenvalue weighted by molar-refractivity contribution is 5.76. The van der Waals surface area contributed by atoms with Gasteiger partial charge in [-0.3, -0.25) is 9.48 Å². The van der Waals surface area contributed by atoms with Crippen molar-refractivity contribution in [3.05, 3.63) is 17.5 Å². The van der Waals surface area contributed by atoms with Crippen LogP contribution in [0, 0.1) is 19.8 Å². The summed E-state index contributed by atoms with van der Waals surface area (Å²) in [4.78, 5) is 14.6. The average molecular weight is 277 g/mol. The molecule has 110 valence electrons. The lowest BCUT2D eigenvalue weighted by molar-refractivity contribution is -0.133. The van der Waals surface area contributed by atoms with Gasteiger partial charge in [0.05, 0.1) is 12.3 Å². The predicted molar refractivity (Wildman–Crippen MR) is 75.4 cm³/mol. The molecular formula is C15H23N3O2. The van der Waals surface area contributed by atoms with E-state index in [4.69, 9.17) is 4.74 Å². The Hall–Kier alpha value is -1.36. The van der Waals surface area contributed by atoms with E-state index in [0.29, 0.717) is 18.5 Å². The molecule has 1 aliphatic heterocycles. The summed E-state index contributed by atoms with van der Waals surface area (Å²) in [7, 11) is 0. The van der Waals surface area contributed by atoms with E-state index < -0.39 is 0 Å². The lowest BCUT2D eigenvalue weighted by Gasteiger charge is -2.25. The number of hydrogen-bond acceptors (Lipinski definition) is 3. The minimum atomic E-state index is 0.200. The van der Waals surface area contributed by atoms with E-state index >= 15 is 0 Å². The smallest absolute Gasteiger partial charge is 0.244 e. The van der Waals surface area contributed by atoms with Crippen LogP contribution in [0.3, 0.4) is 0 Å². The van der Waals surface area contributed by atoms with E-state index in [2.05, 4.69) is 10.00 Å². The number of aryl methyl sites for hydroxylation is 2. The fourth-order valence-corrected chi connectivity index (χ4v) is 2.90. The highest BCUT2D eigenvalue weighted by Crippen LogP contribution is 2.29. The lowest BCUT2D eigenvalue weighted by Crippen LogP contribution is -2.39. The monoisotopic (exact) mass is 277 g/mol. The summed E-state index contributed by atoms with van der Waals surface area (Å²) in [5, 5.41) is 4.39. The lowest BCUT2D eigenvalue weighted by atomic mass is 10.1. The number of rotatable bonds is 5.